The van der Waals surface area contributed by atoms with Gasteiger partial charge in [-0.25, -0.2) is 0 Å². The van der Waals surface area contributed by atoms with E-state index in [0.29, 0.717) is 0 Å². The summed E-state index contributed by atoms with van der Waals surface area (Å²) in [5.74, 6) is 0. The van der Waals surface area contributed by atoms with E-state index in [9.17, 15) is 0 Å². The minimum Gasteiger partial charge on any atom is -0.304 e. The first-order chi connectivity index (χ1) is 13.9. The molecule has 0 spiro atoms. The Morgan fingerprint density at radius 3 is 2.41 bits per heavy atom. The van der Waals surface area contributed by atoms with Gasteiger partial charge < -0.3 is 4.98 Å². The molecule has 2 aromatic heterocycles. The van der Waals surface area contributed by atoms with E-state index in [1.165, 1.54) is 16.5 Å². The van der Waals surface area contributed by atoms with E-state index in [-0.39, 0.29) is 20.1 Å². The quantitative estimate of drug-likeness (QED) is 0.243. The number of hydrogen-bond donors (Lipinski definition) is 0. The Hall–Kier alpha value is -3.13. The van der Waals surface area contributed by atoms with E-state index in [0.717, 1.165) is 27.8 Å². The van der Waals surface area contributed by atoms with Crippen molar-refractivity contribution in [1.82, 2.24) is 9.97 Å². The normalized spacial score (nSPS) is 10.5. The molecule has 0 saturated carbocycles. The van der Waals surface area contributed by atoms with Crippen LogP contribution in [0, 0.1) is 6.07 Å². The van der Waals surface area contributed by atoms with Gasteiger partial charge in [-0.2, -0.15) is 0 Å². The van der Waals surface area contributed by atoms with Gasteiger partial charge in [0.1, 0.15) is 0 Å². The Labute approximate surface area is 183 Å². The fourth-order valence-corrected chi connectivity index (χ4v) is 3.60. The van der Waals surface area contributed by atoms with Crippen LogP contribution in [-0.4, -0.2) is 9.97 Å². The SMILES string of the molecule is [Ir].[c-]1ccc(-c2cnccc2-c2ccccc2)cc1-c1nccc2ccccc12. The zero-order valence-corrected chi connectivity index (χ0v) is 17.9. The van der Waals surface area contributed by atoms with Crippen LogP contribution in [-0.2, 0) is 20.1 Å². The third-order valence-corrected chi connectivity index (χ3v) is 4.95. The molecule has 2 heterocycles. The van der Waals surface area contributed by atoms with E-state index < -0.39 is 0 Å². The van der Waals surface area contributed by atoms with E-state index in [4.69, 9.17) is 0 Å². The van der Waals surface area contributed by atoms with Crippen LogP contribution in [0.1, 0.15) is 0 Å². The van der Waals surface area contributed by atoms with Gasteiger partial charge in [0, 0.05) is 38.7 Å². The van der Waals surface area contributed by atoms with Gasteiger partial charge >= 0.3 is 0 Å². The summed E-state index contributed by atoms with van der Waals surface area (Å²) in [4.78, 5) is 9.02. The molecule has 29 heavy (non-hydrogen) atoms. The van der Waals surface area contributed by atoms with Crippen LogP contribution in [0.5, 0.6) is 0 Å². The summed E-state index contributed by atoms with van der Waals surface area (Å²) in [5, 5.41) is 2.31. The molecule has 0 bridgehead atoms. The van der Waals surface area contributed by atoms with E-state index in [1.807, 2.05) is 48.9 Å². The molecular formula is C26H17IrN2-. The molecule has 0 aliphatic carbocycles. The Bertz CT molecular complexity index is 1260. The molecule has 5 rings (SSSR count). The molecule has 0 aliphatic rings. The van der Waals surface area contributed by atoms with Crippen LogP contribution in [0.4, 0.5) is 0 Å². The molecule has 5 aromatic rings. The predicted molar refractivity (Wildman–Crippen MR) is 115 cm³/mol. The maximum absolute atomic E-state index is 4.65. The molecule has 141 valence electrons. The van der Waals surface area contributed by atoms with Crippen molar-refractivity contribution < 1.29 is 20.1 Å². The Balaban J connectivity index is 0.00000205. The maximum atomic E-state index is 4.65. The largest absolute Gasteiger partial charge is 0.304 e. The number of benzene rings is 3. The van der Waals surface area contributed by atoms with Crippen molar-refractivity contribution in [3.05, 3.63) is 110 Å². The molecule has 0 N–H and O–H groups in total. The van der Waals surface area contributed by atoms with E-state index in [1.54, 1.807) is 0 Å². The van der Waals surface area contributed by atoms with Crippen molar-refractivity contribution in [2.24, 2.45) is 0 Å². The van der Waals surface area contributed by atoms with Crippen LogP contribution in [0.3, 0.4) is 0 Å². The third kappa shape index (κ3) is 3.75. The van der Waals surface area contributed by atoms with Crippen molar-refractivity contribution in [2.75, 3.05) is 0 Å². The molecular weight excluding hydrogens is 533 g/mol. The third-order valence-electron chi connectivity index (χ3n) is 4.95. The summed E-state index contributed by atoms with van der Waals surface area (Å²) in [6, 6.07) is 32.4. The first-order valence-corrected chi connectivity index (χ1v) is 9.26. The molecule has 0 unspecified atom stereocenters. The molecule has 1 radical (unpaired) electrons. The minimum atomic E-state index is 0. The molecule has 0 saturated heterocycles. The molecule has 0 atom stereocenters. The first kappa shape index (κ1) is 19.2. The Morgan fingerprint density at radius 1 is 0.690 bits per heavy atom. The van der Waals surface area contributed by atoms with Gasteiger partial charge in [0.25, 0.3) is 0 Å². The van der Waals surface area contributed by atoms with Crippen molar-refractivity contribution in [2.45, 2.75) is 0 Å². The monoisotopic (exact) mass is 550 g/mol. The van der Waals surface area contributed by atoms with Crippen LogP contribution in [0.25, 0.3) is 44.3 Å². The fraction of sp³-hybridized carbons (Fsp3) is 0. The molecule has 3 heteroatoms. The number of fused-ring (bicyclic) bond motifs is 1. The summed E-state index contributed by atoms with van der Waals surface area (Å²) in [7, 11) is 0. The number of nitrogens with zero attached hydrogens (tertiary/aromatic N) is 2. The number of hydrogen-bond acceptors (Lipinski definition) is 2. The van der Waals surface area contributed by atoms with Crippen molar-refractivity contribution in [3.63, 3.8) is 0 Å². The van der Waals surface area contributed by atoms with Crippen LogP contribution < -0.4 is 0 Å². The molecule has 0 amide bonds. The second-order valence-electron chi connectivity index (χ2n) is 6.66. The second kappa shape index (κ2) is 8.48. The summed E-state index contributed by atoms with van der Waals surface area (Å²) in [6.45, 7) is 0. The zero-order chi connectivity index (χ0) is 18.8. The molecule has 0 fully saturated rings. The average Bonchev–Trinajstić information content (AvgIpc) is 2.79. The van der Waals surface area contributed by atoms with Gasteiger partial charge in [0.2, 0.25) is 0 Å². The zero-order valence-electron chi connectivity index (χ0n) is 15.5. The van der Waals surface area contributed by atoms with Crippen molar-refractivity contribution in [1.29, 1.82) is 0 Å². The predicted octanol–water partition coefficient (Wildman–Crippen LogP) is 6.43. The number of rotatable bonds is 3. The Kier molecular flexibility index (Phi) is 5.62. The molecule has 3 aromatic carbocycles. The van der Waals surface area contributed by atoms with Crippen molar-refractivity contribution >= 4 is 10.8 Å². The smallest absolute Gasteiger partial charge is 0.0336 e. The maximum Gasteiger partial charge on any atom is 0.0336 e. The van der Waals surface area contributed by atoms with Gasteiger partial charge in [-0.1, -0.05) is 60.2 Å². The fourth-order valence-electron chi connectivity index (χ4n) is 3.60. The van der Waals surface area contributed by atoms with E-state index in [2.05, 4.69) is 70.6 Å². The number of pyridine rings is 2. The summed E-state index contributed by atoms with van der Waals surface area (Å²) in [6.07, 6.45) is 5.63. The van der Waals surface area contributed by atoms with Crippen LogP contribution >= 0.6 is 0 Å². The summed E-state index contributed by atoms with van der Waals surface area (Å²) < 4.78 is 0. The minimum absolute atomic E-state index is 0. The number of aromatic nitrogens is 2. The first-order valence-electron chi connectivity index (χ1n) is 9.26. The average molecular weight is 550 g/mol. The van der Waals surface area contributed by atoms with Crippen LogP contribution in [0.15, 0.2) is 104 Å². The second-order valence-corrected chi connectivity index (χ2v) is 6.66. The van der Waals surface area contributed by atoms with Gasteiger partial charge in [0.15, 0.2) is 0 Å². The standard InChI is InChI=1S/C26H17N2.Ir/c1-2-7-19(8-3-1)23-14-15-27-18-25(23)21-10-6-11-22(17-21)26-24-12-5-4-9-20(24)13-16-28-26;/h1-10,12-18H;/q-1;. The molecule has 0 aliphatic heterocycles. The van der Waals surface area contributed by atoms with Gasteiger partial charge in [-0.3, -0.25) is 4.98 Å². The van der Waals surface area contributed by atoms with Crippen molar-refractivity contribution in [3.8, 4) is 33.5 Å². The molecule has 2 nitrogen and oxygen atoms in total. The topological polar surface area (TPSA) is 25.8 Å². The summed E-state index contributed by atoms with van der Waals surface area (Å²) in [5.41, 5.74) is 6.48. The van der Waals surface area contributed by atoms with Gasteiger partial charge in [0.05, 0.1) is 0 Å². The van der Waals surface area contributed by atoms with Gasteiger partial charge in [-0.05, 0) is 45.3 Å². The van der Waals surface area contributed by atoms with E-state index >= 15 is 0 Å². The summed E-state index contributed by atoms with van der Waals surface area (Å²) >= 11 is 0. The van der Waals surface area contributed by atoms with Gasteiger partial charge in [-0.15, -0.1) is 29.8 Å². The van der Waals surface area contributed by atoms with Crippen LogP contribution in [0.2, 0.25) is 0 Å². The Morgan fingerprint density at radius 2 is 1.52 bits per heavy atom.